The predicted molar refractivity (Wildman–Crippen MR) is 109 cm³/mol. The van der Waals surface area contributed by atoms with Crippen molar-refractivity contribution in [2.24, 2.45) is 0 Å². The molecule has 3 heterocycles. The third-order valence-corrected chi connectivity index (χ3v) is 5.34. The smallest absolute Gasteiger partial charge is 0.238 e. The minimum Gasteiger partial charge on any atom is -0.372 e. The summed E-state index contributed by atoms with van der Waals surface area (Å²) in [6.07, 6.45) is 4.36. The van der Waals surface area contributed by atoms with Crippen LogP contribution in [-0.2, 0) is 4.79 Å². The number of carbonyl (C=O) groups is 1. The van der Waals surface area contributed by atoms with Gasteiger partial charge in [-0.3, -0.25) is 9.69 Å². The lowest BCUT2D eigenvalue weighted by molar-refractivity contribution is -0.117. The van der Waals surface area contributed by atoms with Gasteiger partial charge in [0.05, 0.1) is 6.54 Å². The second-order valence-corrected chi connectivity index (χ2v) is 7.24. The van der Waals surface area contributed by atoms with Crippen LogP contribution in [-0.4, -0.2) is 61.6 Å². The molecule has 0 atom stereocenters. The minimum atomic E-state index is 0.0511. The Kier molecular flexibility index (Phi) is 5.53. The standard InChI is InChI=1S/C21H27N5O/c27-21(23-18-6-8-19(9-7-18)25-11-3-4-12-25)17-24-13-15-26(16-14-24)20-5-1-2-10-22-20/h1-2,5-10H,3-4,11-17H2,(H,23,27). The molecule has 1 aromatic carbocycles. The van der Waals surface area contributed by atoms with E-state index in [0.717, 1.165) is 50.8 Å². The van der Waals surface area contributed by atoms with Gasteiger partial charge in [-0.15, -0.1) is 0 Å². The van der Waals surface area contributed by atoms with Crippen molar-refractivity contribution in [3.05, 3.63) is 48.7 Å². The van der Waals surface area contributed by atoms with Gasteiger partial charge in [0.1, 0.15) is 5.82 Å². The molecule has 1 amide bonds. The molecule has 1 aromatic heterocycles. The summed E-state index contributed by atoms with van der Waals surface area (Å²) in [4.78, 5) is 23.7. The van der Waals surface area contributed by atoms with Crippen LogP contribution in [0.15, 0.2) is 48.7 Å². The summed E-state index contributed by atoms with van der Waals surface area (Å²) in [7, 11) is 0. The molecule has 4 rings (SSSR count). The van der Waals surface area contributed by atoms with Gasteiger partial charge in [-0.25, -0.2) is 4.98 Å². The Morgan fingerprint density at radius 2 is 1.63 bits per heavy atom. The van der Waals surface area contributed by atoms with Crippen molar-refractivity contribution in [3.8, 4) is 0 Å². The van der Waals surface area contributed by atoms with Crippen LogP contribution < -0.4 is 15.1 Å². The molecule has 0 aliphatic carbocycles. The fourth-order valence-corrected chi connectivity index (χ4v) is 3.81. The average Bonchev–Trinajstić information content (AvgIpc) is 3.25. The molecule has 27 heavy (non-hydrogen) atoms. The maximum atomic E-state index is 12.4. The molecule has 0 spiro atoms. The number of pyridine rings is 1. The fraction of sp³-hybridized carbons (Fsp3) is 0.429. The van der Waals surface area contributed by atoms with E-state index in [1.165, 1.54) is 18.5 Å². The molecule has 6 heteroatoms. The lowest BCUT2D eigenvalue weighted by Gasteiger charge is -2.34. The number of hydrogen-bond acceptors (Lipinski definition) is 5. The number of piperazine rings is 1. The van der Waals surface area contributed by atoms with E-state index in [0.29, 0.717) is 6.54 Å². The van der Waals surface area contributed by atoms with Gasteiger partial charge >= 0.3 is 0 Å². The van der Waals surface area contributed by atoms with E-state index in [4.69, 9.17) is 0 Å². The Bertz CT molecular complexity index is 735. The van der Waals surface area contributed by atoms with Crippen molar-refractivity contribution in [1.29, 1.82) is 0 Å². The molecule has 2 saturated heterocycles. The molecular weight excluding hydrogens is 338 g/mol. The maximum Gasteiger partial charge on any atom is 0.238 e. The van der Waals surface area contributed by atoms with Gasteiger partial charge in [0.2, 0.25) is 5.91 Å². The maximum absolute atomic E-state index is 12.4. The highest BCUT2D eigenvalue weighted by molar-refractivity contribution is 5.92. The zero-order valence-electron chi connectivity index (χ0n) is 15.7. The SMILES string of the molecule is O=C(CN1CCN(c2ccccn2)CC1)Nc1ccc(N2CCCC2)cc1. The number of amides is 1. The average molecular weight is 365 g/mol. The van der Waals surface area contributed by atoms with Crippen LogP contribution in [0.1, 0.15) is 12.8 Å². The van der Waals surface area contributed by atoms with Crippen LogP contribution in [0.4, 0.5) is 17.2 Å². The van der Waals surface area contributed by atoms with Gasteiger partial charge in [0, 0.05) is 56.8 Å². The highest BCUT2D eigenvalue weighted by Gasteiger charge is 2.20. The van der Waals surface area contributed by atoms with E-state index in [1.807, 2.05) is 36.5 Å². The van der Waals surface area contributed by atoms with Crippen molar-refractivity contribution in [2.45, 2.75) is 12.8 Å². The molecule has 6 nitrogen and oxygen atoms in total. The first kappa shape index (κ1) is 17.8. The van der Waals surface area contributed by atoms with E-state index in [2.05, 4.69) is 37.1 Å². The van der Waals surface area contributed by atoms with Crippen molar-refractivity contribution in [3.63, 3.8) is 0 Å². The highest BCUT2D eigenvalue weighted by atomic mass is 16.2. The second kappa shape index (κ2) is 8.39. The minimum absolute atomic E-state index is 0.0511. The van der Waals surface area contributed by atoms with Crippen molar-refractivity contribution in [2.75, 3.05) is 60.9 Å². The number of hydrogen-bond donors (Lipinski definition) is 1. The van der Waals surface area contributed by atoms with Crippen molar-refractivity contribution < 1.29 is 4.79 Å². The molecule has 2 aromatic rings. The lowest BCUT2D eigenvalue weighted by Crippen LogP contribution is -2.48. The summed E-state index contributed by atoms with van der Waals surface area (Å²) < 4.78 is 0. The van der Waals surface area contributed by atoms with Crippen LogP contribution >= 0.6 is 0 Å². The first-order valence-electron chi connectivity index (χ1n) is 9.81. The number of nitrogens with one attached hydrogen (secondary N) is 1. The zero-order chi connectivity index (χ0) is 18.5. The summed E-state index contributed by atoms with van der Waals surface area (Å²) in [5.41, 5.74) is 2.12. The van der Waals surface area contributed by atoms with Gasteiger partial charge in [-0.1, -0.05) is 6.07 Å². The van der Waals surface area contributed by atoms with Crippen LogP contribution in [0.3, 0.4) is 0 Å². The van der Waals surface area contributed by atoms with Gasteiger partial charge in [0.15, 0.2) is 0 Å². The third-order valence-electron chi connectivity index (χ3n) is 5.34. The van der Waals surface area contributed by atoms with E-state index >= 15 is 0 Å². The first-order chi connectivity index (χ1) is 13.3. The van der Waals surface area contributed by atoms with Gasteiger partial charge in [0.25, 0.3) is 0 Å². The first-order valence-corrected chi connectivity index (χ1v) is 9.81. The molecular formula is C21H27N5O. The Morgan fingerprint density at radius 3 is 2.30 bits per heavy atom. The fourth-order valence-electron chi connectivity index (χ4n) is 3.81. The third kappa shape index (κ3) is 4.57. The molecule has 0 unspecified atom stereocenters. The molecule has 0 bridgehead atoms. The number of nitrogens with zero attached hydrogens (tertiary/aromatic N) is 4. The summed E-state index contributed by atoms with van der Waals surface area (Å²) in [5.74, 6) is 1.06. The largest absolute Gasteiger partial charge is 0.372 e. The van der Waals surface area contributed by atoms with Crippen LogP contribution in [0.5, 0.6) is 0 Å². The highest BCUT2D eigenvalue weighted by Crippen LogP contribution is 2.22. The number of aromatic nitrogens is 1. The van der Waals surface area contributed by atoms with Crippen LogP contribution in [0, 0.1) is 0 Å². The summed E-state index contributed by atoms with van der Waals surface area (Å²) in [5, 5.41) is 3.02. The molecule has 2 fully saturated rings. The van der Waals surface area contributed by atoms with Crippen LogP contribution in [0.25, 0.3) is 0 Å². The molecule has 0 saturated carbocycles. The molecule has 1 N–H and O–H groups in total. The van der Waals surface area contributed by atoms with E-state index in [-0.39, 0.29) is 5.91 Å². The summed E-state index contributed by atoms with van der Waals surface area (Å²) in [6.45, 7) is 6.25. The quantitative estimate of drug-likeness (QED) is 0.882. The van der Waals surface area contributed by atoms with E-state index in [1.54, 1.807) is 0 Å². The number of benzene rings is 1. The van der Waals surface area contributed by atoms with Crippen molar-refractivity contribution in [1.82, 2.24) is 9.88 Å². The topological polar surface area (TPSA) is 51.7 Å². The predicted octanol–water partition coefficient (Wildman–Crippen LogP) is 2.44. The van der Waals surface area contributed by atoms with Gasteiger partial charge in [-0.05, 0) is 49.2 Å². The Hall–Kier alpha value is -2.60. The summed E-state index contributed by atoms with van der Waals surface area (Å²) in [6, 6.07) is 14.2. The summed E-state index contributed by atoms with van der Waals surface area (Å²) >= 11 is 0. The monoisotopic (exact) mass is 365 g/mol. The Labute approximate surface area is 160 Å². The lowest BCUT2D eigenvalue weighted by atomic mass is 10.2. The van der Waals surface area contributed by atoms with Gasteiger partial charge in [-0.2, -0.15) is 0 Å². The Balaban J connectivity index is 1.24. The van der Waals surface area contributed by atoms with Crippen LogP contribution in [0.2, 0.25) is 0 Å². The second-order valence-electron chi connectivity index (χ2n) is 7.24. The molecule has 142 valence electrons. The van der Waals surface area contributed by atoms with Gasteiger partial charge < -0.3 is 15.1 Å². The van der Waals surface area contributed by atoms with E-state index in [9.17, 15) is 4.79 Å². The normalized spacial score (nSPS) is 17.9. The number of carbonyl (C=O) groups excluding carboxylic acids is 1. The molecule has 2 aliphatic rings. The Morgan fingerprint density at radius 1 is 0.889 bits per heavy atom. The molecule has 0 radical (unpaired) electrons. The number of anilines is 3. The van der Waals surface area contributed by atoms with Crippen molar-refractivity contribution >= 4 is 23.1 Å². The molecule has 2 aliphatic heterocycles. The zero-order valence-corrected chi connectivity index (χ0v) is 15.7. The van der Waals surface area contributed by atoms with E-state index < -0.39 is 0 Å². The number of rotatable bonds is 5.